The van der Waals surface area contributed by atoms with Crippen LogP contribution in [0.4, 0.5) is 8.78 Å². The van der Waals surface area contributed by atoms with Crippen LogP contribution in [0.3, 0.4) is 0 Å². The summed E-state index contributed by atoms with van der Waals surface area (Å²) in [6, 6.07) is 11.6. The summed E-state index contributed by atoms with van der Waals surface area (Å²) in [5.41, 5.74) is 7.87. The second-order valence-corrected chi connectivity index (χ2v) is 5.36. The van der Waals surface area contributed by atoms with E-state index in [9.17, 15) is 8.78 Å². The van der Waals surface area contributed by atoms with Gasteiger partial charge in [0.2, 0.25) is 0 Å². The average molecular weight is 326 g/mol. The number of rotatable bonds is 4. The molecule has 0 bridgehead atoms. The lowest BCUT2D eigenvalue weighted by Gasteiger charge is -2.13. The zero-order valence-electron chi connectivity index (χ0n) is 10.2. The second kappa shape index (κ2) is 6.26. The minimum atomic E-state index is -0.830. The van der Waals surface area contributed by atoms with E-state index in [1.807, 2.05) is 24.3 Å². The van der Waals surface area contributed by atoms with E-state index in [0.29, 0.717) is 18.4 Å². The van der Waals surface area contributed by atoms with Gasteiger partial charge in [-0.1, -0.05) is 40.2 Å². The summed E-state index contributed by atoms with van der Waals surface area (Å²) in [6.45, 7) is 0. The fourth-order valence-corrected chi connectivity index (χ4v) is 2.43. The van der Waals surface area contributed by atoms with E-state index in [-0.39, 0.29) is 6.04 Å². The Bertz CT molecular complexity index is 572. The Balaban J connectivity index is 2.03. The third-order valence-electron chi connectivity index (χ3n) is 2.92. The summed E-state index contributed by atoms with van der Waals surface area (Å²) in [5.74, 6) is -1.66. The molecular weight excluding hydrogens is 312 g/mol. The highest BCUT2D eigenvalue weighted by Gasteiger charge is 2.09. The van der Waals surface area contributed by atoms with Crippen LogP contribution in [0, 0.1) is 11.6 Å². The van der Waals surface area contributed by atoms with Crippen LogP contribution in [0.15, 0.2) is 46.9 Å². The van der Waals surface area contributed by atoms with Gasteiger partial charge in [0.05, 0.1) is 0 Å². The minimum absolute atomic E-state index is 0.136. The van der Waals surface area contributed by atoms with Crippen LogP contribution < -0.4 is 5.73 Å². The molecule has 0 aliphatic heterocycles. The van der Waals surface area contributed by atoms with E-state index in [0.717, 1.165) is 16.1 Å². The highest BCUT2D eigenvalue weighted by Crippen LogP contribution is 2.18. The van der Waals surface area contributed by atoms with Crippen molar-refractivity contribution in [2.45, 2.75) is 18.9 Å². The van der Waals surface area contributed by atoms with E-state index in [2.05, 4.69) is 15.9 Å². The van der Waals surface area contributed by atoms with Gasteiger partial charge in [-0.25, -0.2) is 8.78 Å². The molecule has 0 radical (unpaired) electrons. The maximum absolute atomic E-state index is 13.1. The van der Waals surface area contributed by atoms with Gasteiger partial charge in [0.15, 0.2) is 11.6 Å². The van der Waals surface area contributed by atoms with Crippen LogP contribution in [0.5, 0.6) is 0 Å². The molecule has 0 aliphatic carbocycles. The SMILES string of the molecule is NC(Cc1ccc(F)c(F)c1)Cc1ccccc1Br. The molecule has 0 amide bonds. The standard InChI is InChI=1S/C15H14BrF2N/c16-13-4-2-1-3-11(13)9-12(19)7-10-5-6-14(17)15(18)8-10/h1-6,8,12H,7,9,19H2. The maximum atomic E-state index is 13.1. The van der Waals surface area contributed by atoms with Crippen LogP contribution in [0.25, 0.3) is 0 Å². The number of hydrogen-bond donors (Lipinski definition) is 1. The first-order valence-electron chi connectivity index (χ1n) is 5.99. The fraction of sp³-hybridized carbons (Fsp3) is 0.200. The molecule has 0 spiro atoms. The molecule has 1 nitrogen and oxygen atoms in total. The van der Waals surface area contributed by atoms with Crippen molar-refractivity contribution < 1.29 is 8.78 Å². The van der Waals surface area contributed by atoms with Crippen LogP contribution >= 0.6 is 15.9 Å². The van der Waals surface area contributed by atoms with Crippen LogP contribution in [-0.2, 0) is 12.8 Å². The molecule has 0 saturated heterocycles. The monoisotopic (exact) mass is 325 g/mol. The van der Waals surface area contributed by atoms with Gasteiger partial charge in [-0.2, -0.15) is 0 Å². The second-order valence-electron chi connectivity index (χ2n) is 4.51. The highest BCUT2D eigenvalue weighted by molar-refractivity contribution is 9.10. The van der Waals surface area contributed by atoms with Crippen LogP contribution in [0.2, 0.25) is 0 Å². The van der Waals surface area contributed by atoms with Gasteiger partial charge in [0.1, 0.15) is 0 Å². The Morgan fingerprint density at radius 3 is 2.42 bits per heavy atom. The van der Waals surface area contributed by atoms with E-state index in [1.54, 1.807) is 6.07 Å². The van der Waals surface area contributed by atoms with Gasteiger partial charge >= 0.3 is 0 Å². The summed E-state index contributed by atoms with van der Waals surface area (Å²) in [5, 5.41) is 0. The fourth-order valence-electron chi connectivity index (χ4n) is 1.99. The summed E-state index contributed by atoms with van der Waals surface area (Å²) in [4.78, 5) is 0. The number of halogens is 3. The lowest BCUT2D eigenvalue weighted by atomic mass is 10.00. The Morgan fingerprint density at radius 1 is 1.00 bits per heavy atom. The molecule has 0 saturated carbocycles. The third kappa shape index (κ3) is 3.85. The quantitative estimate of drug-likeness (QED) is 0.908. The Hall–Kier alpha value is -1.26. The van der Waals surface area contributed by atoms with Crippen molar-refractivity contribution in [2.24, 2.45) is 5.73 Å². The first-order valence-corrected chi connectivity index (χ1v) is 6.78. The van der Waals surface area contributed by atoms with Gasteiger partial charge in [-0.15, -0.1) is 0 Å². The van der Waals surface area contributed by atoms with E-state index in [1.165, 1.54) is 6.07 Å². The van der Waals surface area contributed by atoms with Gasteiger partial charge in [-0.3, -0.25) is 0 Å². The zero-order chi connectivity index (χ0) is 13.8. The molecule has 2 aromatic carbocycles. The van der Waals surface area contributed by atoms with Gasteiger partial charge in [0, 0.05) is 10.5 Å². The first kappa shape index (κ1) is 14.2. The summed E-state index contributed by atoms with van der Waals surface area (Å²) in [7, 11) is 0. The molecule has 100 valence electrons. The molecule has 0 fully saturated rings. The van der Waals surface area contributed by atoms with Crippen LogP contribution in [0.1, 0.15) is 11.1 Å². The van der Waals surface area contributed by atoms with Gasteiger partial charge < -0.3 is 5.73 Å². The largest absolute Gasteiger partial charge is 0.327 e. The maximum Gasteiger partial charge on any atom is 0.159 e. The van der Waals surface area contributed by atoms with Crippen molar-refractivity contribution in [3.63, 3.8) is 0 Å². The van der Waals surface area contributed by atoms with E-state index < -0.39 is 11.6 Å². The third-order valence-corrected chi connectivity index (χ3v) is 3.70. The van der Waals surface area contributed by atoms with Crippen molar-refractivity contribution in [1.29, 1.82) is 0 Å². The van der Waals surface area contributed by atoms with Crippen molar-refractivity contribution >= 4 is 15.9 Å². The Kier molecular flexibility index (Phi) is 4.66. The van der Waals surface area contributed by atoms with Gasteiger partial charge in [-0.05, 0) is 42.2 Å². The molecule has 19 heavy (non-hydrogen) atoms. The van der Waals surface area contributed by atoms with E-state index in [4.69, 9.17) is 5.73 Å². The van der Waals surface area contributed by atoms with Gasteiger partial charge in [0.25, 0.3) is 0 Å². The first-order chi connectivity index (χ1) is 9.06. The Morgan fingerprint density at radius 2 is 1.74 bits per heavy atom. The van der Waals surface area contributed by atoms with E-state index >= 15 is 0 Å². The van der Waals surface area contributed by atoms with Crippen molar-refractivity contribution in [2.75, 3.05) is 0 Å². The molecule has 0 heterocycles. The normalized spacial score (nSPS) is 12.4. The lowest BCUT2D eigenvalue weighted by molar-refractivity contribution is 0.506. The molecule has 1 atom stereocenters. The average Bonchev–Trinajstić information content (AvgIpc) is 2.37. The summed E-state index contributed by atoms with van der Waals surface area (Å²) >= 11 is 3.47. The molecule has 0 aliphatic rings. The summed E-state index contributed by atoms with van der Waals surface area (Å²) in [6.07, 6.45) is 1.19. The topological polar surface area (TPSA) is 26.0 Å². The predicted octanol–water partition coefficient (Wildman–Crippen LogP) is 3.84. The van der Waals surface area contributed by atoms with Crippen molar-refractivity contribution in [3.8, 4) is 0 Å². The molecule has 2 aromatic rings. The molecule has 1 unspecified atom stereocenters. The minimum Gasteiger partial charge on any atom is -0.327 e. The molecule has 2 rings (SSSR count). The zero-order valence-corrected chi connectivity index (χ0v) is 11.8. The highest BCUT2D eigenvalue weighted by atomic mass is 79.9. The number of hydrogen-bond acceptors (Lipinski definition) is 1. The van der Waals surface area contributed by atoms with Crippen molar-refractivity contribution in [1.82, 2.24) is 0 Å². The number of benzene rings is 2. The lowest BCUT2D eigenvalue weighted by Crippen LogP contribution is -2.25. The Labute approximate surface area is 119 Å². The molecular formula is C15H14BrF2N. The van der Waals surface area contributed by atoms with Crippen LogP contribution in [-0.4, -0.2) is 6.04 Å². The molecule has 0 aromatic heterocycles. The molecule has 4 heteroatoms. The molecule has 2 N–H and O–H groups in total. The predicted molar refractivity (Wildman–Crippen MR) is 75.9 cm³/mol. The smallest absolute Gasteiger partial charge is 0.159 e. The van der Waals surface area contributed by atoms with Crippen molar-refractivity contribution in [3.05, 3.63) is 69.7 Å². The number of nitrogens with two attached hydrogens (primary N) is 1. The summed E-state index contributed by atoms with van der Waals surface area (Å²) < 4.78 is 26.9.